The third kappa shape index (κ3) is 2.56. The van der Waals surface area contributed by atoms with E-state index in [1.54, 1.807) is 8.61 Å². The maximum atomic E-state index is 12.3. The summed E-state index contributed by atoms with van der Waals surface area (Å²) in [4.78, 5) is 0. The Kier molecular flexibility index (Phi) is 3.84. The monoisotopic (exact) mass is 248 g/mol. The number of nitrogens with zero attached hydrogens (tertiary/aromatic N) is 2. The minimum Gasteiger partial charge on any atom is -0.379 e. The van der Waals surface area contributed by atoms with Crippen LogP contribution in [0.3, 0.4) is 0 Å². The van der Waals surface area contributed by atoms with Gasteiger partial charge in [0.15, 0.2) is 0 Å². The van der Waals surface area contributed by atoms with Gasteiger partial charge < -0.3 is 4.74 Å². The SMILES string of the molecule is C[C@H]1CCCN(S(=O)(=O)N2CCOCC2)C1. The zero-order chi connectivity index (χ0) is 11.6. The molecule has 1 atom stereocenters. The molecule has 2 saturated heterocycles. The lowest BCUT2D eigenvalue weighted by Crippen LogP contribution is -2.51. The van der Waals surface area contributed by atoms with Gasteiger partial charge in [-0.15, -0.1) is 0 Å². The van der Waals surface area contributed by atoms with Crippen molar-refractivity contribution < 1.29 is 13.2 Å². The fourth-order valence-corrected chi connectivity index (χ4v) is 4.04. The largest absolute Gasteiger partial charge is 0.379 e. The predicted molar refractivity (Wildman–Crippen MR) is 61.3 cm³/mol. The average molecular weight is 248 g/mol. The Morgan fingerprint density at radius 3 is 2.44 bits per heavy atom. The van der Waals surface area contributed by atoms with Crippen molar-refractivity contribution in [3.63, 3.8) is 0 Å². The third-order valence-corrected chi connectivity index (χ3v) is 5.24. The first kappa shape index (κ1) is 12.3. The fraction of sp³-hybridized carbons (Fsp3) is 1.00. The molecule has 2 fully saturated rings. The van der Waals surface area contributed by atoms with Crippen molar-refractivity contribution in [3.05, 3.63) is 0 Å². The topological polar surface area (TPSA) is 49.9 Å². The van der Waals surface area contributed by atoms with Gasteiger partial charge in [-0.3, -0.25) is 0 Å². The molecular weight excluding hydrogens is 228 g/mol. The number of piperidine rings is 1. The number of hydrogen-bond acceptors (Lipinski definition) is 3. The maximum absolute atomic E-state index is 12.3. The van der Waals surface area contributed by atoms with Crippen molar-refractivity contribution in [2.75, 3.05) is 39.4 Å². The molecule has 0 amide bonds. The Hall–Kier alpha value is -0.170. The van der Waals surface area contributed by atoms with Crippen LogP contribution in [-0.4, -0.2) is 56.4 Å². The second-order valence-corrected chi connectivity index (χ2v) is 6.55. The summed E-state index contributed by atoms with van der Waals surface area (Å²) in [5.41, 5.74) is 0. The lowest BCUT2D eigenvalue weighted by atomic mass is 10.0. The normalized spacial score (nSPS) is 30.4. The van der Waals surface area contributed by atoms with E-state index in [9.17, 15) is 8.42 Å². The van der Waals surface area contributed by atoms with Crippen LogP contribution in [0.5, 0.6) is 0 Å². The van der Waals surface area contributed by atoms with Gasteiger partial charge in [-0.1, -0.05) is 6.92 Å². The molecule has 16 heavy (non-hydrogen) atoms. The molecule has 5 nitrogen and oxygen atoms in total. The van der Waals surface area contributed by atoms with E-state index in [2.05, 4.69) is 6.92 Å². The highest BCUT2D eigenvalue weighted by Crippen LogP contribution is 2.20. The number of morpholine rings is 1. The first-order valence-corrected chi connectivity index (χ1v) is 7.33. The van der Waals surface area contributed by atoms with Crippen molar-refractivity contribution in [1.29, 1.82) is 0 Å². The minimum atomic E-state index is -3.23. The van der Waals surface area contributed by atoms with Gasteiger partial charge in [0.25, 0.3) is 10.2 Å². The quantitative estimate of drug-likeness (QED) is 0.706. The summed E-state index contributed by atoms with van der Waals surface area (Å²) in [6, 6.07) is 0. The number of ether oxygens (including phenoxy) is 1. The molecule has 0 aromatic carbocycles. The van der Waals surface area contributed by atoms with Gasteiger partial charge in [0.05, 0.1) is 13.2 Å². The summed E-state index contributed by atoms with van der Waals surface area (Å²) in [6.45, 7) is 5.47. The van der Waals surface area contributed by atoms with E-state index in [1.165, 1.54) is 0 Å². The standard InChI is InChI=1S/C10H20N2O3S/c1-10-3-2-4-12(9-10)16(13,14)11-5-7-15-8-6-11/h10H,2-9H2,1H3/t10-/m0/s1. The van der Waals surface area contributed by atoms with Gasteiger partial charge in [0, 0.05) is 26.2 Å². The van der Waals surface area contributed by atoms with Crippen LogP contribution in [0, 0.1) is 5.92 Å². The molecular formula is C10H20N2O3S. The van der Waals surface area contributed by atoms with E-state index in [4.69, 9.17) is 4.74 Å². The first-order valence-electron chi connectivity index (χ1n) is 5.93. The Morgan fingerprint density at radius 2 is 1.81 bits per heavy atom. The van der Waals surface area contributed by atoms with Crippen LogP contribution in [-0.2, 0) is 14.9 Å². The maximum Gasteiger partial charge on any atom is 0.282 e. The highest BCUT2D eigenvalue weighted by Gasteiger charge is 2.33. The molecule has 6 heteroatoms. The summed E-state index contributed by atoms with van der Waals surface area (Å²) in [6.07, 6.45) is 2.11. The van der Waals surface area contributed by atoms with Crippen LogP contribution in [0.25, 0.3) is 0 Å². The van der Waals surface area contributed by atoms with E-state index in [0.717, 1.165) is 12.8 Å². The molecule has 2 aliphatic heterocycles. The summed E-state index contributed by atoms with van der Waals surface area (Å²) in [7, 11) is -3.23. The van der Waals surface area contributed by atoms with Gasteiger partial charge in [-0.25, -0.2) is 0 Å². The molecule has 0 radical (unpaired) electrons. The molecule has 0 aliphatic carbocycles. The van der Waals surface area contributed by atoms with E-state index >= 15 is 0 Å². The van der Waals surface area contributed by atoms with Crippen LogP contribution in [0.15, 0.2) is 0 Å². The smallest absolute Gasteiger partial charge is 0.282 e. The van der Waals surface area contributed by atoms with Crippen LogP contribution in [0.4, 0.5) is 0 Å². The second-order valence-electron chi connectivity index (χ2n) is 4.62. The number of hydrogen-bond donors (Lipinski definition) is 0. The Morgan fingerprint density at radius 1 is 1.12 bits per heavy atom. The molecule has 0 saturated carbocycles. The zero-order valence-corrected chi connectivity index (χ0v) is 10.6. The molecule has 2 heterocycles. The average Bonchev–Trinajstić information content (AvgIpc) is 2.30. The van der Waals surface area contributed by atoms with Crippen LogP contribution in [0.2, 0.25) is 0 Å². The lowest BCUT2D eigenvalue weighted by molar-refractivity contribution is 0.0692. The lowest BCUT2D eigenvalue weighted by Gasteiger charge is -2.35. The third-order valence-electron chi connectivity index (χ3n) is 3.24. The fourth-order valence-electron chi connectivity index (χ4n) is 2.30. The highest BCUT2D eigenvalue weighted by molar-refractivity contribution is 7.86. The molecule has 2 rings (SSSR count). The molecule has 0 N–H and O–H groups in total. The van der Waals surface area contributed by atoms with Gasteiger partial charge in [0.2, 0.25) is 0 Å². The van der Waals surface area contributed by atoms with Crippen LogP contribution >= 0.6 is 0 Å². The van der Waals surface area contributed by atoms with Crippen molar-refractivity contribution in [3.8, 4) is 0 Å². The van der Waals surface area contributed by atoms with Crippen LogP contribution in [0.1, 0.15) is 19.8 Å². The predicted octanol–water partition coefficient (Wildman–Crippen LogP) is 0.295. The van der Waals surface area contributed by atoms with Gasteiger partial charge in [-0.05, 0) is 18.8 Å². The highest BCUT2D eigenvalue weighted by atomic mass is 32.2. The van der Waals surface area contributed by atoms with Crippen LogP contribution < -0.4 is 0 Å². The van der Waals surface area contributed by atoms with E-state index in [-0.39, 0.29) is 0 Å². The molecule has 0 bridgehead atoms. The zero-order valence-electron chi connectivity index (χ0n) is 9.76. The van der Waals surface area contributed by atoms with E-state index < -0.39 is 10.2 Å². The van der Waals surface area contributed by atoms with Gasteiger partial charge in [0.1, 0.15) is 0 Å². The first-order chi connectivity index (χ1) is 7.60. The Balaban J connectivity index is 2.05. The second kappa shape index (κ2) is 5.00. The molecule has 94 valence electrons. The number of rotatable bonds is 2. The molecule has 0 spiro atoms. The molecule has 2 aliphatic rings. The molecule has 0 aromatic heterocycles. The van der Waals surface area contributed by atoms with Crippen molar-refractivity contribution in [2.24, 2.45) is 5.92 Å². The van der Waals surface area contributed by atoms with Gasteiger partial charge >= 0.3 is 0 Å². The summed E-state index contributed by atoms with van der Waals surface area (Å²) in [5, 5.41) is 0. The van der Waals surface area contributed by atoms with E-state index in [0.29, 0.717) is 45.3 Å². The van der Waals surface area contributed by atoms with Gasteiger partial charge in [-0.2, -0.15) is 17.0 Å². The van der Waals surface area contributed by atoms with E-state index in [1.807, 2.05) is 0 Å². The molecule has 0 aromatic rings. The molecule has 0 unspecified atom stereocenters. The summed E-state index contributed by atoms with van der Waals surface area (Å²) < 4.78 is 32.9. The van der Waals surface area contributed by atoms with Crippen molar-refractivity contribution >= 4 is 10.2 Å². The van der Waals surface area contributed by atoms with Crippen molar-refractivity contribution in [1.82, 2.24) is 8.61 Å². The van der Waals surface area contributed by atoms with Crippen molar-refractivity contribution in [2.45, 2.75) is 19.8 Å². The Bertz CT molecular complexity index is 325. The summed E-state index contributed by atoms with van der Waals surface area (Å²) >= 11 is 0. The minimum absolute atomic E-state index is 0.476. The summed E-state index contributed by atoms with van der Waals surface area (Å²) in [5.74, 6) is 0.476. The Labute approximate surface area is 97.5 Å².